The number of furan rings is 1. The lowest BCUT2D eigenvalue weighted by molar-refractivity contribution is -0.143. The van der Waals surface area contributed by atoms with E-state index in [1.165, 1.54) is 18.4 Å². The fourth-order valence-electron chi connectivity index (χ4n) is 1.22. The molecule has 0 aromatic carbocycles. The van der Waals surface area contributed by atoms with Crippen LogP contribution in [0.4, 0.5) is 0 Å². The van der Waals surface area contributed by atoms with Gasteiger partial charge in [0.05, 0.1) is 6.26 Å². The SMILES string of the molecule is O=C(COC(=O)/C=C/c1ccco1)NC1CC1. The normalized spacial score (nSPS) is 14.8. The van der Waals surface area contributed by atoms with Crippen molar-refractivity contribution < 1.29 is 18.7 Å². The molecule has 0 unspecified atom stereocenters. The van der Waals surface area contributed by atoms with E-state index >= 15 is 0 Å². The van der Waals surface area contributed by atoms with Crippen LogP contribution in [0.25, 0.3) is 6.08 Å². The number of carbonyl (C=O) groups is 2. The highest BCUT2D eigenvalue weighted by atomic mass is 16.5. The first-order valence-corrected chi connectivity index (χ1v) is 5.42. The van der Waals surface area contributed by atoms with Gasteiger partial charge in [0, 0.05) is 12.1 Å². The summed E-state index contributed by atoms with van der Waals surface area (Å²) in [7, 11) is 0. The van der Waals surface area contributed by atoms with Crippen molar-refractivity contribution in [3.05, 3.63) is 30.2 Å². The van der Waals surface area contributed by atoms with Gasteiger partial charge in [0.25, 0.3) is 5.91 Å². The molecule has 1 fully saturated rings. The lowest BCUT2D eigenvalue weighted by atomic mass is 10.4. The molecule has 1 heterocycles. The van der Waals surface area contributed by atoms with Gasteiger partial charge in [-0.3, -0.25) is 4.79 Å². The van der Waals surface area contributed by atoms with Crippen LogP contribution < -0.4 is 5.32 Å². The second-order valence-electron chi connectivity index (χ2n) is 3.80. The number of amides is 1. The zero-order chi connectivity index (χ0) is 12.1. The molecule has 0 spiro atoms. The highest BCUT2D eigenvalue weighted by Gasteiger charge is 2.23. The molecule has 5 heteroatoms. The van der Waals surface area contributed by atoms with E-state index in [0.717, 1.165) is 12.8 Å². The summed E-state index contributed by atoms with van der Waals surface area (Å²) in [6.45, 7) is -0.238. The van der Waals surface area contributed by atoms with Crippen molar-refractivity contribution in [2.24, 2.45) is 0 Å². The van der Waals surface area contributed by atoms with Crippen LogP contribution in [0.2, 0.25) is 0 Å². The monoisotopic (exact) mass is 235 g/mol. The number of hydrogen-bond donors (Lipinski definition) is 1. The molecule has 90 valence electrons. The van der Waals surface area contributed by atoms with Crippen LogP contribution in [0.15, 0.2) is 28.9 Å². The first kappa shape index (κ1) is 11.4. The first-order chi connectivity index (χ1) is 8.24. The molecule has 1 saturated carbocycles. The van der Waals surface area contributed by atoms with Crippen LogP contribution in [0.5, 0.6) is 0 Å². The van der Waals surface area contributed by atoms with Gasteiger partial charge in [0.15, 0.2) is 6.61 Å². The molecule has 1 aromatic heterocycles. The quantitative estimate of drug-likeness (QED) is 0.613. The van der Waals surface area contributed by atoms with Crippen LogP contribution in [-0.2, 0) is 14.3 Å². The molecular formula is C12H13NO4. The van der Waals surface area contributed by atoms with E-state index < -0.39 is 5.97 Å². The highest BCUT2D eigenvalue weighted by molar-refractivity contribution is 5.89. The van der Waals surface area contributed by atoms with Crippen LogP contribution in [-0.4, -0.2) is 24.5 Å². The van der Waals surface area contributed by atoms with Gasteiger partial charge in [-0.2, -0.15) is 0 Å². The summed E-state index contributed by atoms with van der Waals surface area (Å²) in [6.07, 6.45) is 6.24. The molecule has 0 radical (unpaired) electrons. The third kappa shape index (κ3) is 4.14. The number of carbonyl (C=O) groups excluding carboxylic acids is 2. The number of nitrogens with one attached hydrogen (secondary N) is 1. The van der Waals surface area contributed by atoms with Crippen molar-refractivity contribution in [3.63, 3.8) is 0 Å². The molecule has 0 saturated heterocycles. The van der Waals surface area contributed by atoms with E-state index in [0.29, 0.717) is 5.76 Å². The van der Waals surface area contributed by atoms with Gasteiger partial charge in [0.1, 0.15) is 5.76 Å². The topological polar surface area (TPSA) is 68.5 Å². The maximum atomic E-state index is 11.2. The fourth-order valence-corrected chi connectivity index (χ4v) is 1.22. The Morgan fingerprint density at radius 1 is 1.53 bits per heavy atom. The number of hydrogen-bond acceptors (Lipinski definition) is 4. The van der Waals surface area contributed by atoms with E-state index in [9.17, 15) is 9.59 Å². The van der Waals surface area contributed by atoms with Crippen LogP contribution in [0.1, 0.15) is 18.6 Å². The van der Waals surface area contributed by atoms with Gasteiger partial charge in [-0.1, -0.05) is 0 Å². The zero-order valence-electron chi connectivity index (χ0n) is 9.22. The summed E-state index contributed by atoms with van der Waals surface area (Å²) in [4.78, 5) is 22.4. The predicted octanol–water partition coefficient (Wildman–Crippen LogP) is 1.11. The van der Waals surface area contributed by atoms with Crippen molar-refractivity contribution in [2.45, 2.75) is 18.9 Å². The van der Waals surface area contributed by atoms with Gasteiger partial charge in [0.2, 0.25) is 0 Å². The molecule has 1 aliphatic rings. The second kappa shape index (κ2) is 5.34. The maximum Gasteiger partial charge on any atom is 0.331 e. The number of ether oxygens (including phenoxy) is 1. The summed E-state index contributed by atoms with van der Waals surface area (Å²) in [5.74, 6) is -0.260. The van der Waals surface area contributed by atoms with E-state index in [2.05, 4.69) is 5.32 Å². The zero-order valence-corrected chi connectivity index (χ0v) is 9.22. The smallest absolute Gasteiger partial charge is 0.331 e. The Morgan fingerprint density at radius 3 is 3.00 bits per heavy atom. The summed E-state index contributed by atoms with van der Waals surface area (Å²) in [5, 5.41) is 2.72. The molecule has 1 aliphatic carbocycles. The average molecular weight is 235 g/mol. The molecular weight excluding hydrogens is 222 g/mol. The lowest BCUT2D eigenvalue weighted by Crippen LogP contribution is -2.30. The van der Waals surface area contributed by atoms with Crippen molar-refractivity contribution in [3.8, 4) is 0 Å². The van der Waals surface area contributed by atoms with Gasteiger partial charge < -0.3 is 14.5 Å². The largest absolute Gasteiger partial charge is 0.465 e. The lowest BCUT2D eigenvalue weighted by Gasteiger charge is -2.02. The number of esters is 1. The van der Waals surface area contributed by atoms with E-state index in [1.54, 1.807) is 12.1 Å². The standard InChI is InChI=1S/C12H13NO4/c14-11(13-9-3-4-9)8-17-12(15)6-5-10-2-1-7-16-10/h1-2,5-7,9H,3-4,8H2,(H,13,14)/b6-5+. The predicted molar refractivity (Wildman–Crippen MR) is 59.9 cm³/mol. The molecule has 17 heavy (non-hydrogen) atoms. The highest BCUT2D eigenvalue weighted by Crippen LogP contribution is 2.18. The van der Waals surface area contributed by atoms with Gasteiger partial charge in [-0.15, -0.1) is 0 Å². The Kier molecular flexibility index (Phi) is 3.59. The second-order valence-corrected chi connectivity index (χ2v) is 3.80. The molecule has 1 aromatic rings. The van der Waals surface area contributed by atoms with E-state index in [4.69, 9.17) is 9.15 Å². The van der Waals surface area contributed by atoms with Gasteiger partial charge >= 0.3 is 5.97 Å². The Balaban J connectivity index is 1.68. The fraction of sp³-hybridized carbons (Fsp3) is 0.333. The summed E-state index contributed by atoms with van der Waals surface area (Å²) >= 11 is 0. The Bertz CT molecular complexity index is 418. The van der Waals surface area contributed by atoms with E-state index in [-0.39, 0.29) is 18.6 Å². The van der Waals surface area contributed by atoms with E-state index in [1.807, 2.05) is 0 Å². The van der Waals surface area contributed by atoms with Crippen molar-refractivity contribution >= 4 is 18.0 Å². The molecule has 1 amide bonds. The van der Waals surface area contributed by atoms with Crippen LogP contribution >= 0.6 is 0 Å². The summed E-state index contributed by atoms with van der Waals surface area (Å²) in [5.41, 5.74) is 0. The molecule has 0 aliphatic heterocycles. The van der Waals surface area contributed by atoms with Crippen molar-refractivity contribution in [2.75, 3.05) is 6.61 Å². The minimum Gasteiger partial charge on any atom is -0.465 e. The average Bonchev–Trinajstić information content (AvgIpc) is 2.96. The van der Waals surface area contributed by atoms with Crippen molar-refractivity contribution in [1.29, 1.82) is 0 Å². The Morgan fingerprint density at radius 2 is 2.35 bits per heavy atom. The molecule has 5 nitrogen and oxygen atoms in total. The molecule has 0 atom stereocenters. The van der Waals surface area contributed by atoms with Crippen molar-refractivity contribution in [1.82, 2.24) is 5.32 Å². The minimum absolute atomic E-state index is 0.238. The third-order valence-electron chi connectivity index (χ3n) is 2.21. The first-order valence-electron chi connectivity index (χ1n) is 5.42. The number of rotatable bonds is 5. The van der Waals surface area contributed by atoms with Crippen LogP contribution in [0.3, 0.4) is 0 Å². The maximum absolute atomic E-state index is 11.2. The molecule has 1 N–H and O–H groups in total. The van der Waals surface area contributed by atoms with Crippen LogP contribution in [0, 0.1) is 0 Å². The Labute approximate surface area is 98.4 Å². The summed E-state index contributed by atoms with van der Waals surface area (Å²) in [6, 6.07) is 3.71. The minimum atomic E-state index is -0.563. The summed E-state index contributed by atoms with van der Waals surface area (Å²) < 4.78 is 9.75. The molecule has 2 rings (SSSR count). The third-order valence-corrected chi connectivity index (χ3v) is 2.21. The van der Waals surface area contributed by atoms with Gasteiger partial charge in [-0.25, -0.2) is 4.79 Å². The van der Waals surface area contributed by atoms with Gasteiger partial charge in [-0.05, 0) is 31.1 Å². The Hall–Kier alpha value is -2.04. The molecule has 0 bridgehead atoms.